The first-order valence-corrected chi connectivity index (χ1v) is 6.29. The topological polar surface area (TPSA) is 23.5 Å². The lowest BCUT2D eigenvalue weighted by Crippen LogP contribution is -2.32. The smallest absolute Gasteiger partial charge is 0.123 e. The minimum absolute atomic E-state index is 0.195. The molecule has 1 aliphatic rings. The monoisotopic (exact) mass is 237 g/mol. The Morgan fingerprint density at radius 2 is 2.24 bits per heavy atom. The molecule has 1 heterocycles. The van der Waals surface area contributed by atoms with Crippen molar-refractivity contribution in [2.45, 2.75) is 39.3 Å². The molecule has 17 heavy (non-hydrogen) atoms. The second-order valence-electron chi connectivity index (χ2n) is 5.20. The van der Waals surface area contributed by atoms with Crippen LogP contribution in [0.4, 0.5) is 4.39 Å². The van der Waals surface area contributed by atoms with Gasteiger partial charge in [0.15, 0.2) is 0 Å². The molecule has 1 aliphatic heterocycles. The minimum Gasteiger partial charge on any atom is -0.508 e. The number of hydrogen-bond acceptors (Lipinski definition) is 2. The lowest BCUT2D eigenvalue weighted by molar-refractivity contribution is 0.196. The molecule has 1 N–H and O–H groups in total. The van der Waals surface area contributed by atoms with Crippen LogP contribution in [0.1, 0.15) is 32.3 Å². The first-order valence-electron chi connectivity index (χ1n) is 6.29. The van der Waals surface area contributed by atoms with Crippen molar-refractivity contribution in [3.63, 3.8) is 0 Å². The van der Waals surface area contributed by atoms with Gasteiger partial charge in [-0.3, -0.25) is 4.90 Å². The van der Waals surface area contributed by atoms with Gasteiger partial charge >= 0.3 is 0 Å². The van der Waals surface area contributed by atoms with Gasteiger partial charge < -0.3 is 5.11 Å². The second-order valence-corrected chi connectivity index (χ2v) is 5.20. The third kappa shape index (κ3) is 2.78. The first-order chi connectivity index (χ1) is 8.08. The molecule has 0 bridgehead atoms. The maximum absolute atomic E-state index is 13.1. The van der Waals surface area contributed by atoms with Crippen LogP contribution in [0.5, 0.6) is 5.75 Å². The summed E-state index contributed by atoms with van der Waals surface area (Å²) >= 11 is 0. The summed E-state index contributed by atoms with van der Waals surface area (Å²) in [4.78, 5) is 2.35. The Hall–Kier alpha value is -1.09. The van der Waals surface area contributed by atoms with E-state index in [9.17, 15) is 9.50 Å². The third-order valence-corrected chi connectivity index (χ3v) is 3.60. The van der Waals surface area contributed by atoms with Crippen LogP contribution in [0.15, 0.2) is 18.2 Å². The van der Waals surface area contributed by atoms with Crippen molar-refractivity contribution in [3.05, 3.63) is 29.6 Å². The summed E-state index contributed by atoms with van der Waals surface area (Å²) in [5, 5.41) is 9.73. The van der Waals surface area contributed by atoms with E-state index in [4.69, 9.17) is 0 Å². The van der Waals surface area contributed by atoms with Crippen molar-refractivity contribution in [3.8, 4) is 5.75 Å². The highest BCUT2D eigenvalue weighted by Gasteiger charge is 2.27. The Balaban J connectivity index is 2.12. The zero-order valence-corrected chi connectivity index (χ0v) is 10.5. The average Bonchev–Trinajstić information content (AvgIpc) is 2.71. The summed E-state index contributed by atoms with van der Waals surface area (Å²) in [7, 11) is 0. The molecule has 2 rings (SSSR count). The maximum Gasteiger partial charge on any atom is 0.123 e. The molecule has 1 saturated heterocycles. The fraction of sp³-hybridized carbons (Fsp3) is 0.571. The normalized spacial score (nSPS) is 21.3. The van der Waals surface area contributed by atoms with Crippen LogP contribution in [-0.4, -0.2) is 22.6 Å². The van der Waals surface area contributed by atoms with Crippen LogP contribution in [0, 0.1) is 11.7 Å². The zero-order chi connectivity index (χ0) is 12.4. The molecule has 0 spiro atoms. The highest BCUT2D eigenvalue weighted by Crippen LogP contribution is 2.28. The molecule has 0 aromatic heterocycles. The van der Waals surface area contributed by atoms with Gasteiger partial charge in [-0.1, -0.05) is 13.8 Å². The molecule has 1 atom stereocenters. The van der Waals surface area contributed by atoms with Crippen LogP contribution < -0.4 is 0 Å². The van der Waals surface area contributed by atoms with E-state index in [1.807, 2.05) is 0 Å². The Labute approximate surface area is 102 Å². The van der Waals surface area contributed by atoms with Gasteiger partial charge in [0.2, 0.25) is 0 Å². The summed E-state index contributed by atoms with van der Waals surface area (Å²) in [5.74, 6) is 0.520. The van der Waals surface area contributed by atoms with E-state index < -0.39 is 0 Å². The summed E-state index contributed by atoms with van der Waals surface area (Å²) < 4.78 is 13.1. The Morgan fingerprint density at radius 1 is 1.47 bits per heavy atom. The van der Waals surface area contributed by atoms with E-state index in [1.165, 1.54) is 31.0 Å². The SMILES string of the molecule is CC(C)C1CCCN1Cc1cc(F)ccc1O. The summed E-state index contributed by atoms with van der Waals surface area (Å²) in [6, 6.07) is 4.72. The van der Waals surface area contributed by atoms with E-state index in [0.717, 1.165) is 6.54 Å². The van der Waals surface area contributed by atoms with Crippen molar-refractivity contribution >= 4 is 0 Å². The number of likely N-dealkylation sites (tertiary alicyclic amines) is 1. The number of aromatic hydroxyl groups is 1. The van der Waals surface area contributed by atoms with Crippen molar-refractivity contribution in [1.82, 2.24) is 4.90 Å². The van der Waals surface area contributed by atoms with Crippen molar-refractivity contribution in [2.24, 2.45) is 5.92 Å². The molecule has 0 amide bonds. The Kier molecular flexibility index (Phi) is 3.67. The van der Waals surface area contributed by atoms with Crippen LogP contribution in [-0.2, 0) is 6.54 Å². The fourth-order valence-electron chi connectivity index (χ4n) is 2.70. The highest BCUT2D eigenvalue weighted by atomic mass is 19.1. The molecule has 0 radical (unpaired) electrons. The van der Waals surface area contributed by atoms with Gasteiger partial charge in [0.25, 0.3) is 0 Å². The Morgan fingerprint density at radius 3 is 2.94 bits per heavy atom. The van der Waals surface area contributed by atoms with Crippen LogP contribution in [0.3, 0.4) is 0 Å². The van der Waals surface area contributed by atoms with E-state index >= 15 is 0 Å². The molecule has 1 aromatic carbocycles. The number of phenols is 1. The van der Waals surface area contributed by atoms with E-state index in [0.29, 0.717) is 24.1 Å². The summed E-state index contributed by atoms with van der Waals surface area (Å²) in [6.45, 7) is 6.12. The molecule has 2 nitrogen and oxygen atoms in total. The van der Waals surface area contributed by atoms with E-state index in [1.54, 1.807) is 0 Å². The van der Waals surface area contributed by atoms with Crippen LogP contribution >= 0.6 is 0 Å². The maximum atomic E-state index is 13.1. The van der Waals surface area contributed by atoms with Gasteiger partial charge in [-0.15, -0.1) is 0 Å². The number of halogens is 1. The van der Waals surface area contributed by atoms with Crippen molar-refractivity contribution in [1.29, 1.82) is 0 Å². The summed E-state index contributed by atoms with van der Waals surface area (Å²) in [6.07, 6.45) is 2.40. The molecule has 1 fully saturated rings. The zero-order valence-electron chi connectivity index (χ0n) is 10.5. The highest BCUT2D eigenvalue weighted by molar-refractivity contribution is 5.32. The molecule has 1 unspecified atom stereocenters. The standard InChI is InChI=1S/C14H20FNO/c1-10(2)13-4-3-7-16(13)9-11-8-12(15)5-6-14(11)17/h5-6,8,10,13,17H,3-4,7,9H2,1-2H3. The van der Waals surface area contributed by atoms with Gasteiger partial charge in [-0.2, -0.15) is 0 Å². The van der Waals surface area contributed by atoms with Crippen LogP contribution in [0.2, 0.25) is 0 Å². The third-order valence-electron chi connectivity index (χ3n) is 3.60. The lowest BCUT2D eigenvalue weighted by Gasteiger charge is -2.27. The number of phenolic OH excluding ortho intramolecular Hbond substituents is 1. The number of hydrogen-bond donors (Lipinski definition) is 1. The lowest BCUT2D eigenvalue weighted by atomic mass is 10.0. The van der Waals surface area contributed by atoms with Gasteiger partial charge in [0.1, 0.15) is 11.6 Å². The number of nitrogens with zero attached hydrogens (tertiary/aromatic N) is 1. The van der Waals surface area contributed by atoms with Crippen molar-refractivity contribution in [2.75, 3.05) is 6.54 Å². The fourth-order valence-corrected chi connectivity index (χ4v) is 2.70. The molecular formula is C14H20FNO. The quantitative estimate of drug-likeness (QED) is 0.873. The average molecular weight is 237 g/mol. The number of rotatable bonds is 3. The molecule has 0 aliphatic carbocycles. The summed E-state index contributed by atoms with van der Waals surface area (Å²) in [5.41, 5.74) is 0.692. The predicted molar refractivity (Wildman–Crippen MR) is 66.3 cm³/mol. The van der Waals surface area contributed by atoms with Gasteiger partial charge in [0, 0.05) is 18.2 Å². The molecule has 94 valence electrons. The second kappa shape index (κ2) is 5.05. The molecule has 0 saturated carbocycles. The van der Waals surface area contributed by atoms with Gasteiger partial charge in [-0.05, 0) is 43.5 Å². The molecule has 1 aromatic rings. The largest absolute Gasteiger partial charge is 0.508 e. The minimum atomic E-state index is -0.280. The van der Waals surface area contributed by atoms with E-state index in [-0.39, 0.29) is 11.6 Å². The van der Waals surface area contributed by atoms with Gasteiger partial charge in [-0.25, -0.2) is 4.39 Å². The number of benzene rings is 1. The van der Waals surface area contributed by atoms with Crippen molar-refractivity contribution < 1.29 is 9.50 Å². The Bertz CT molecular complexity index is 392. The predicted octanol–water partition coefficient (Wildman–Crippen LogP) is 3.15. The molecule has 3 heteroatoms. The van der Waals surface area contributed by atoms with Gasteiger partial charge in [0.05, 0.1) is 0 Å². The first kappa shape index (κ1) is 12.4. The molecular weight excluding hydrogens is 217 g/mol. The van der Waals surface area contributed by atoms with E-state index in [2.05, 4.69) is 18.7 Å². The van der Waals surface area contributed by atoms with Crippen LogP contribution in [0.25, 0.3) is 0 Å².